The first kappa shape index (κ1) is 12.3. The lowest BCUT2D eigenvalue weighted by Gasteiger charge is -2.19. The molecule has 1 aromatic rings. The standard InChI is InChI=1S/C10H13ClO3S/c1-10(2,3)15(13,14)7-4-5-9(12)8(11)6-7/h4-6,12H,1-3H3. The van der Waals surface area contributed by atoms with Gasteiger partial charge < -0.3 is 5.11 Å². The van der Waals surface area contributed by atoms with E-state index in [1.54, 1.807) is 20.8 Å². The Kier molecular flexibility index (Phi) is 3.03. The second kappa shape index (κ2) is 3.68. The van der Waals surface area contributed by atoms with Crippen molar-refractivity contribution < 1.29 is 13.5 Å². The Balaban J connectivity index is 3.36. The second-order valence-corrected chi connectivity index (χ2v) is 7.34. The first-order valence-electron chi connectivity index (χ1n) is 4.39. The maximum atomic E-state index is 12.0. The molecule has 0 amide bonds. The number of aromatic hydroxyl groups is 1. The number of sulfone groups is 1. The second-order valence-electron chi connectivity index (χ2n) is 4.23. The van der Waals surface area contributed by atoms with Crippen molar-refractivity contribution in [3.63, 3.8) is 0 Å². The molecule has 84 valence electrons. The van der Waals surface area contributed by atoms with Gasteiger partial charge >= 0.3 is 0 Å². The highest BCUT2D eigenvalue weighted by Crippen LogP contribution is 2.30. The summed E-state index contributed by atoms with van der Waals surface area (Å²) in [4.78, 5) is 0.123. The molecule has 0 unspecified atom stereocenters. The molecule has 0 aliphatic carbocycles. The van der Waals surface area contributed by atoms with E-state index >= 15 is 0 Å². The summed E-state index contributed by atoms with van der Waals surface area (Å²) in [6.07, 6.45) is 0. The fourth-order valence-corrected chi connectivity index (χ4v) is 2.48. The quantitative estimate of drug-likeness (QED) is 0.831. The van der Waals surface area contributed by atoms with Gasteiger partial charge in [0.2, 0.25) is 0 Å². The number of benzene rings is 1. The molecule has 0 aliphatic rings. The molecule has 3 nitrogen and oxygen atoms in total. The van der Waals surface area contributed by atoms with Crippen molar-refractivity contribution >= 4 is 21.4 Å². The van der Waals surface area contributed by atoms with Crippen LogP contribution in [-0.2, 0) is 9.84 Å². The largest absolute Gasteiger partial charge is 0.506 e. The van der Waals surface area contributed by atoms with E-state index in [4.69, 9.17) is 11.6 Å². The molecule has 0 fully saturated rings. The first-order valence-corrected chi connectivity index (χ1v) is 6.25. The molecule has 5 heteroatoms. The summed E-state index contributed by atoms with van der Waals surface area (Å²) in [7, 11) is -3.41. The smallest absolute Gasteiger partial charge is 0.183 e. The third kappa shape index (κ3) is 2.26. The highest BCUT2D eigenvalue weighted by molar-refractivity contribution is 7.92. The number of rotatable bonds is 1. The maximum Gasteiger partial charge on any atom is 0.183 e. The Hall–Kier alpha value is -0.740. The zero-order chi connectivity index (χ0) is 11.9. The van der Waals surface area contributed by atoms with Gasteiger partial charge in [-0.3, -0.25) is 0 Å². The predicted molar refractivity (Wildman–Crippen MR) is 60.1 cm³/mol. The van der Waals surface area contributed by atoms with Crippen LogP contribution in [0.1, 0.15) is 20.8 Å². The number of phenols is 1. The minimum absolute atomic E-state index is 0.0420. The van der Waals surface area contributed by atoms with Crippen molar-refractivity contribution in [1.29, 1.82) is 0 Å². The Morgan fingerprint density at radius 2 is 1.80 bits per heavy atom. The third-order valence-electron chi connectivity index (χ3n) is 2.04. The van der Waals surface area contributed by atoms with Crippen LogP contribution in [-0.4, -0.2) is 18.3 Å². The zero-order valence-corrected chi connectivity index (χ0v) is 10.4. The van der Waals surface area contributed by atoms with Crippen LogP contribution in [0, 0.1) is 0 Å². The van der Waals surface area contributed by atoms with Crippen molar-refractivity contribution in [1.82, 2.24) is 0 Å². The highest BCUT2D eigenvalue weighted by atomic mass is 35.5. The van der Waals surface area contributed by atoms with E-state index in [9.17, 15) is 13.5 Å². The van der Waals surface area contributed by atoms with E-state index in [-0.39, 0.29) is 15.7 Å². The number of phenolic OH excluding ortho intramolecular Hbond substituents is 1. The van der Waals surface area contributed by atoms with E-state index in [1.165, 1.54) is 18.2 Å². The van der Waals surface area contributed by atoms with Gasteiger partial charge in [0.1, 0.15) is 5.75 Å². The Bertz CT molecular complexity index is 472. The van der Waals surface area contributed by atoms with Gasteiger partial charge in [-0.15, -0.1) is 0 Å². The van der Waals surface area contributed by atoms with Crippen LogP contribution >= 0.6 is 11.6 Å². The predicted octanol–water partition coefficient (Wildman–Crippen LogP) is 2.62. The lowest BCUT2D eigenvalue weighted by Crippen LogP contribution is -2.27. The fourth-order valence-electron chi connectivity index (χ4n) is 1.01. The lowest BCUT2D eigenvalue weighted by atomic mass is 10.3. The number of hydrogen-bond donors (Lipinski definition) is 1. The van der Waals surface area contributed by atoms with Crippen LogP contribution in [0.3, 0.4) is 0 Å². The van der Waals surface area contributed by atoms with E-state index < -0.39 is 14.6 Å². The van der Waals surface area contributed by atoms with E-state index in [2.05, 4.69) is 0 Å². The Labute approximate surface area is 94.6 Å². The lowest BCUT2D eigenvalue weighted by molar-refractivity contribution is 0.475. The summed E-state index contributed by atoms with van der Waals surface area (Å²) in [6.45, 7) is 4.84. The first-order chi connectivity index (χ1) is 6.66. The van der Waals surface area contributed by atoms with Crippen LogP contribution in [0.15, 0.2) is 23.1 Å². The fraction of sp³-hybridized carbons (Fsp3) is 0.400. The van der Waals surface area contributed by atoms with Crippen molar-refractivity contribution in [2.75, 3.05) is 0 Å². The van der Waals surface area contributed by atoms with Gasteiger partial charge in [0.25, 0.3) is 0 Å². The molecular formula is C10H13ClO3S. The highest BCUT2D eigenvalue weighted by Gasteiger charge is 2.31. The molecule has 0 saturated heterocycles. The molecule has 0 spiro atoms. The molecule has 1 aromatic carbocycles. The molecule has 0 atom stereocenters. The van der Waals surface area contributed by atoms with E-state index in [0.717, 1.165) is 0 Å². The molecule has 0 radical (unpaired) electrons. The molecular weight excluding hydrogens is 236 g/mol. The molecule has 0 aromatic heterocycles. The van der Waals surface area contributed by atoms with Crippen LogP contribution in [0.5, 0.6) is 5.75 Å². The zero-order valence-electron chi connectivity index (χ0n) is 8.78. The minimum atomic E-state index is -3.41. The average molecular weight is 249 g/mol. The summed E-state index contributed by atoms with van der Waals surface area (Å²) < 4.78 is 23.1. The summed E-state index contributed by atoms with van der Waals surface area (Å²) in [5.74, 6) is -0.121. The average Bonchev–Trinajstić information content (AvgIpc) is 2.07. The molecule has 0 saturated carbocycles. The van der Waals surface area contributed by atoms with E-state index in [0.29, 0.717) is 0 Å². The van der Waals surface area contributed by atoms with Crippen molar-refractivity contribution in [3.8, 4) is 5.75 Å². The van der Waals surface area contributed by atoms with Gasteiger partial charge in [-0.2, -0.15) is 0 Å². The van der Waals surface area contributed by atoms with E-state index in [1.807, 2.05) is 0 Å². The Morgan fingerprint density at radius 3 is 2.20 bits per heavy atom. The summed E-state index contributed by atoms with van der Waals surface area (Å²) in [5.41, 5.74) is 0. The SMILES string of the molecule is CC(C)(C)S(=O)(=O)c1ccc(O)c(Cl)c1. The normalized spacial score (nSPS) is 12.8. The van der Waals surface area contributed by atoms with Gasteiger partial charge in [0.05, 0.1) is 14.7 Å². The molecule has 0 aliphatic heterocycles. The van der Waals surface area contributed by atoms with Crippen LogP contribution in [0.2, 0.25) is 5.02 Å². The molecule has 0 bridgehead atoms. The number of hydrogen-bond acceptors (Lipinski definition) is 3. The molecule has 0 heterocycles. The molecule has 15 heavy (non-hydrogen) atoms. The summed E-state index contributed by atoms with van der Waals surface area (Å²) >= 11 is 5.66. The van der Waals surface area contributed by atoms with Gasteiger partial charge in [0, 0.05) is 0 Å². The van der Waals surface area contributed by atoms with Crippen molar-refractivity contribution in [2.24, 2.45) is 0 Å². The maximum absolute atomic E-state index is 12.0. The van der Waals surface area contributed by atoms with Crippen LogP contribution in [0.25, 0.3) is 0 Å². The van der Waals surface area contributed by atoms with Gasteiger partial charge in [-0.05, 0) is 39.0 Å². The summed E-state index contributed by atoms with van der Waals surface area (Å²) in [6, 6.07) is 3.89. The van der Waals surface area contributed by atoms with Crippen molar-refractivity contribution in [2.45, 2.75) is 30.4 Å². The minimum Gasteiger partial charge on any atom is -0.506 e. The monoisotopic (exact) mass is 248 g/mol. The van der Waals surface area contributed by atoms with Crippen molar-refractivity contribution in [3.05, 3.63) is 23.2 Å². The van der Waals surface area contributed by atoms with Crippen LogP contribution in [0.4, 0.5) is 0 Å². The van der Waals surface area contributed by atoms with Crippen LogP contribution < -0.4 is 0 Å². The molecule has 1 N–H and O–H groups in total. The topological polar surface area (TPSA) is 54.4 Å². The summed E-state index contributed by atoms with van der Waals surface area (Å²) in [5, 5.41) is 9.23. The molecule has 1 rings (SSSR count). The van der Waals surface area contributed by atoms with Gasteiger partial charge in [-0.25, -0.2) is 8.42 Å². The Morgan fingerprint density at radius 1 is 1.27 bits per heavy atom. The van der Waals surface area contributed by atoms with Gasteiger partial charge in [-0.1, -0.05) is 11.6 Å². The number of halogens is 1. The third-order valence-corrected chi connectivity index (χ3v) is 4.83. The van der Waals surface area contributed by atoms with Gasteiger partial charge in [0.15, 0.2) is 9.84 Å².